The molecule has 0 radical (unpaired) electrons. The van der Waals surface area contributed by atoms with Crippen LogP contribution in [0, 0.1) is 6.92 Å². The van der Waals surface area contributed by atoms with Crippen LogP contribution in [0.5, 0.6) is 0 Å². The minimum Gasteiger partial charge on any atom is -0.347 e. The van der Waals surface area contributed by atoms with Gasteiger partial charge in [-0.05, 0) is 19.1 Å². The van der Waals surface area contributed by atoms with Crippen LogP contribution in [0.3, 0.4) is 0 Å². The second-order valence-corrected chi connectivity index (χ2v) is 6.83. The molecule has 1 aromatic rings. The number of carbonyl (C=O) groups excluding carboxylic acids is 1. The lowest BCUT2D eigenvalue weighted by atomic mass is 10.1. The lowest BCUT2D eigenvalue weighted by Gasteiger charge is -2.26. The zero-order valence-electron chi connectivity index (χ0n) is 12.6. The van der Waals surface area contributed by atoms with Gasteiger partial charge in [-0.25, -0.2) is 0 Å². The van der Waals surface area contributed by atoms with Crippen molar-refractivity contribution in [2.24, 2.45) is 0 Å². The van der Waals surface area contributed by atoms with Crippen LogP contribution in [0.4, 0.5) is 0 Å². The van der Waals surface area contributed by atoms with E-state index in [4.69, 9.17) is 9.47 Å². The highest BCUT2D eigenvalue weighted by Crippen LogP contribution is 2.29. The summed E-state index contributed by atoms with van der Waals surface area (Å²) in [6.07, 6.45) is 1.75. The van der Waals surface area contributed by atoms with Crippen LogP contribution in [0.25, 0.3) is 0 Å². The van der Waals surface area contributed by atoms with E-state index in [-0.39, 0.29) is 18.0 Å². The third-order valence-corrected chi connectivity index (χ3v) is 4.87. The highest BCUT2D eigenvalue weighted by molar-refractivity contribution is 7.85. The summed E-state index contributed by atoms with van der Waals surface area (Å²) in [5, 5.41) is 0. The van der Waals surface area contributed by atoms with Gasteiger partial charge in [0.2, 0.25) is 0 Å². The number of aryl methyl sites for hydroxylation is 1. The van der Waals surface area contributed by atoms with Gasteiger partial charge in [0.05, 0.1) is 36.2 Å². The largest absolute Gasteiger partial charge is 0.347 e. The van der Waals surface area contributed by atoms with E-state index in [2.05, 4.69) is 0 Å². The standard InChI is InChI=1S/C16H22O4S/c1-3-8-16(19-9-10-20-16)11-14(17)12-21(18)15-6-4-13(2)5-7-15/h4-7H,3,8-12H2,1-2H3/t21-/m0/s1. The molecule has 0 unspecified atom stereocenters. The first-order valence-corrected chi connectivity index (χ1v) is 8.61. The van der Waals surface area contributed by atoms with Gasteiger partial charge in [0, 0.05) is 11.3 Å². The van der Waals surface area contributed by atoms with E-state index in [1.807, 2.05) is 38.1 Å². The van der Waals surface area contributed by atoms with Crippen LogP contribution in [-0.4, -0.2) is 34.7 Å². The first-order chi connectivity index (χ1) is 10.0. The molecule has 0 bridgehead atoms. The van der Waals surface area contributed by atoms with Crippen molar-refractivity contribution in [3.8, 4) is 0 Å². The third-order valence-electron chi connectivity index (χ3n) is 3.49. The van der Waals surface area contributed by atoms with E-state index in [1.165, 1.54) is 0 Å². The molecule has 21 heavy (non-hydrogen) atoms. The Balaban J connectivity index is 1.94. The first kappa shape index (κ1) is 16.3. The summed E-state index contributed by atoms with van der Waals surface area (Å²) in [5.74, 6) is -0.853. The van der Waals surface area contributed by atoms with Gasteiger partial charge in [-0.2, -0.15) is 0 Å². The van der Waals surface area contributed by atoms with Gasteiger partial charge in [-0.15, -0.1) is 0 Å². The summed E-state index contributed by atoms with van der Waals surface area (Å²) in [7, 11) is -1.30. The van der Waals surface area contributed by atoms with Gasteiger partial charge in [-0.1, -0.05) is 31.0 Å². The van der Waals surface area contributed by atoms with Crippen molar-refractivity contribution in [2.75, 3.05) is 19.0 Å². The Labute approximate surface area is 128 Å². The van der Waals surface area contributed by atoms with Crippen molar-refractivity contribution in [1.82, 2.24) is 0 Å². The Kier molecular flexibility index (Phi) is 5.67. The van der Waals surface area contributed by atoms with E-state index in [0.717, 1.165) is 12.0 Å². The molecule has 0 aliphatic carbocycles. The molecule has 116 valence electrons. The van der Waals surface area contributed by atoms with Gasteiger partial charge in [0.1, 0.15) is 0 Å². The van der Waals surface area contributed by atoms with Gasteiger partial charge >= 0.3 is 0 Å². The summed E-state index contributed by atoms with van der Waals surface area (Å²) < 4.78 is 23.4. The number of ketones is 1. The van der Waals surface area contributed by atoms with Crippen LogP contribution < -0.4 is 0 Å². The van der Waals surface area contributed by atoms with Crippen LogP contribution in [0.2, 0.25) is 0 Å². The SMILES string of the molecule is CCCC1(CC(=O)C[S@](=O)c2ccc(C)cc2)OCCO1. The lowest BCUT2D eigenvalue weighted by molar-refractivity contribution is -0.171. The molecule has 0 saturated carbocycles. The fraction of sp³-hybridized carbons (Fsp3) is 0.562. The summed E-state index contributed by atoms with van der Waals surface area (Å²) in [6, 6.07) is 7.42. The zero-order chi connectivity index (χ0) is 15.3. The maximum absolute atomic E-state index is 12.2. The number of ether oxygens (including phenoxy) is 2. The molecule has 1 aliphatic heterocycles. The Morgan fingerprint density at radius 3 is 2.43 bits per heavy atom. The predicted octanol–water partition coefficient (Wildman–Crippen LogP) is 2.61. The van der Waals surface area contributed by atoms with E-state index >= 15 is 0 Å². The quantitative estimate of drug-likeness (QED) is 0.777. The molecule has 0 aromatic heterocycles. The van der Waals surface area contributed by atoms with Crippen LogP contribution in [-0.2, 0) is 25.1 Å². The number of carbonyl (C=O) groups is 1. The smallest absolute Gasteiger partial charge is 0.175 e. The van der Waals surface area contributed by atoms with Gasteiger partial charge in [0.15, 0.2) is 11.6 Å². The van der Waals surface area contributed by atoms with E-state index in [9.17, 15) is 9.00 Å². The monoisotopic (exact) mass is 310 g/mol. The number of hydrogen-bond donors (Lipinski definition) is 0. The highest BCUT2D eigenvalue weighted by Gasteiger charge is 2.37. The fourth-order valence-corrected chi connectivity index (χ4v) is 3.48. The normalized spacial score (nSPS) is 18.6. The topological polar surface area (TPSA) is 52.6 Å². The molecule has 1 aromatic carbocycles. The highest BCUT2D eigenvalue weighted by atomic mass is 32.2. The molecule has 0 N–H and O–H groups in total. The van der Waals surface area contributed by atoms with Crippen molar-refractivity contribution in [3.63, 3.8) is 0 Å². The Morgan fingerprint density at radius 2 is 1.86 bits per heavy atom. The number of benzene rings is 1. The molecular formula is C16H22O4S. The molecule has 2 rings (SSSR count). The molecule has 5 heteroatoms. The molecule has 1 fully saturated rings. The minimum absolute atomic E-state index is 0.0151. The maximum atomic E-state index is 12.2. The van der Waals surface area contributed by atoms with Gasteiger partial charge in [0.25, 0.3) is 0 Å². The number of hydrogen-bond acceptors (Lipinski definition) is 4. The van der Waals surface area contributed by atoms with Crippen LogP contribution in [0.1, 0.15) is 31.7 Å². The van der Waals surface area contributed by atoms with Gasteiger partial charge in [-0.3, -0.25) is 9.00 Å². The second-order valence-electron chi connectivity index (χ2n) is 5.38. The average molecular weight is 310 g/mol. The summed E-state index contributed by atoms with van der Waals surface area (Å²) in [5.41, 5.74) is 1.11. The molecule has 0 amide bonds. The molecule has 4 nitrogen and oxygen atoms in total. The Morgan fingerprint density at radius 1 is 1.24 bits per heavy atom. The Bertz CT molecular complexity index is 504. The Hall–Kier alpha value is -1.04. The molecule has 0 spiro atoms. The summed E-state index contributed by atoms with van der Waals surface area (Å²) >= 11 is 0. The first-order valence-electron chi connectivity index (χ1n) is 7.29. The molecule has 1 aliphatic rings. The van der Waals surface area contributed by atoms with Gasteiger partial charge < -0.3 is 9.47 Å². The number of Topliss-reactive ketones (excluding diaryl/α,β-unsaturated/α-hetero) is 1. The van der Waals surface area contributed by atoms with Crippen LogP contribution >= 0.6 is 0 Å². The van der Waals surface area contributed by atoms with E-state index in [1.54, 1.807) is 0 Å². The zero-order valence-corrected chi connectivity index (χ0v) is 13.4. The van der Waals surface area contributed by atoms with E-state index < -0.39 is 16.6 Å². The third kappa shape index (κ3) is 4.46. The average Bonchev–Trinajstić information content (AvgIpc) is 2.87. The molecule has 1 atom stereocenters. The molecule has 1 heterocycles. The predicted molar refractivity (Wildman–Crippen MR) is 81.6 cm³/mol. The van der Waals surface area contributed by atoms with Crippen molar-refractivity contribution in [2.45, 2.75) is 43.8 Å². The van der Waals surface area contributed by atoms with Crippen LogP contribution in [0.15, 0.2) is 29.2 Å². The second kappa shape index (κ2) is 7.29. The molecule has 1 saturated heterocycles. The van der Waals surface area contributed by atoms with Crippen molar-refractivity contribution < 1.29 is 18.5 Å². The molecular weight excluding hydrogens is 288 g/mol. The van der Waals surface area contributed by atoms with Crippen molar-refractivity contribution >= 4 is 16.6 Å². The lowest BCUT2D eigenvalue weighted by Crippen LogP contribution is -2.34. The van der Waals surface area contributed by atoms with Crippen molar-refractivity contribution in [1.29, 1.82) is 0 Å². The summed E-state index contributed by atoms with van der Waals surface area (Å²) in [6.45, 7) is 5.05. The minimum atomic E-state index is -1.30. The maximum Gasteiger partial charge on any atom is 0.175 e. The summed E-state index contributed by atoms with van der Waals surface area (Å²) in [4.78, 5) is 12.9. The number of rotatable bonds is 7. The van der Waals surface area contributed by atoms with E-state index in [0.29, 0.717) is 24.5 Å². The van der Waals surface area contributed by atoms with Crippen molar-refractivity contribution in [3.05, 3.63) is 29.8 Å². The fourth-order valence-electron chi connectivity index (χ4n) is 2.48.